The average Bonchev–Trinajstić information content (AvgIpc) is 2.85. The van der Waals surface area contributed by atoms with E-state index >= 15 is 0 Å². The number of imidazole rings is 1. The molecule has 0 amide bonds. The summed E-state index contributed by atoms with van der Waals surface area (Å²) in [7, 11) is 1.95. The molecule has 0 bridgehead atoms. The van der Waals surface area contributed by atoms with Crippen LogP contribution in [0, 0.1) is 0 Å². The van der Waals surface area contributed by atoms with E-state index in [9.17, 15) is 0 Å². The highest BCUT2D eigenvalue weighted by atomic mass is 32.1. The average molecular weight is 264 g/mol. The SMILES string of the molecule is Cn1cnc(C(N)Cc2nc(C(C)(C)C)cs2)c1. The van der Waals surface area contributed by atoms with E-state index in [0.29, 0.717) is 0 Å². The Morgan fingerprint density at radius 3 is 2.67 bits per heavy atom. The fourth-order valence-electron chi connectivity index (χ4n) is 1.67. The van der Waals surface area contributed by atoms with E-state index in [1.807, 2.05) is 17.8 Å². The molecule has 2 N–H and O–H groups in total. The van der Waals surface area contributed by atoms with E-state index in [1.54, 1.807) is 17.7 Å². The van der Waals surface area contributed by atoms with Gasteiger partial charge in [-0.25, -0.2) is 9.97 Å². The molecule has 0 saturated heterocycles. The van der Waals surface area contributed by atoms with Crippen LogP contribution in [0.2, 0.25) is 0 Å². The number of aryl methyl sites for hydroxylation is 1. The maximum Gasteiger partial charge on any atom is 0.0948 e. The Labute approximate surface area is 112 Å². The molecule has 0 aliphatic rings. The van der Waals surface area contributed by atoms with Crippen LogP contribution in [0.1, 0.15) is 43.2 Å². The fourth-order valence-corrected chi connectivity index (χ4v) is 2.75. The van der Waals surface area contributed by atoms with E-state index in [-0.39, 0.29) is 11.5 Å². The Morgan fingerprint density at radius 2 is 2.17 bits per heavy atom. The second kappa shape index (κ2) is 4.82. The van der Waals surface area contributed by atoms with Crippen LogP contribution < -0.4 is 5.73 Å². The van der Waals surface area contributed by atoms with E-state index < -0.39 is 0 Å². The topological polar surface area (TPSA) is 56.7 Å². The second-order valence-electron chi connectivity index (χ2n) is 5.65. The summed E-state index contributed by atoms with van der Waals surface area (Å²) in [6.45, 7) is 6.51. The maximum absolute atomic E-state index is 6.15. The highest BCUT2D eigenvalue weighted by Gasteiger charge is 2.19. The summed E-state index contributed by atoms with van der Waals surface area (Å²) in [5.74, 6) is 0. The molecule has 1 atom stereocenters. The standard InChI is InChI=1S/C13H20N4S/c1-13(2,3)11-7-18-12(16-11)5-9(14)10-6-17(4)8-15-10/h6-9H,5,14H2,1-4H3. The predicted octanol–water partition coefficient (Wildman–Crippen LogP) is 2.42. The summed E-state index contributed by atoms with van der Waals surface area (Å²) in [5, 5.41) is 3.21. The molecule has 4 nitrogen and oxygen atoms in total. The zero-order valence-electron chi connectivity index (χ0n) is 11.3. The number of nitrogens with two attached hydrogens (primary N) is 1. The molecule has 0 radical (unpaired) electrons. The van der Waals surface area contributed by atoms with Crippen molar-refractivity contribution in [2.45, 2.75) is 38.6 Å². The van der Waals surface area contributed by atoms with Gasteiger partial charge in [0, 0.05) is 30.5 Å². The van der Waals surface area contributed by atoms with Crippen molar-refractivity contribution < 1.29 is 0 Å². The van der Waals surface area contributed by atoms with E-state index in [0.717, 1.165) is 22.8 Å². The number of hydrogen-bond donors (Lipinski definition) is 1. The minimum absolute atomic E-state index is 0.0785. The van der Waals surface area contributed by atoms with Crippen molar-refractivity contribution in [2.75, 3.05) is 0 Å². The van der Waals surface area contributed by atoms with Crippen molar-refractivity contribution in [3.05, 3.63) is 34.3 Å². The van der Waals surface area contributed by atoms with Crippen LogP contribution in [0.15, 0.2) is 17.9 Å². The Kier molecular flexibility index (Phi) is 3.54. The minimum Gasteiger partial charge on any atom is -0.340 e. The lowest BCUT2D eigenvalue weighted by molar-refractivity contribution is 0.568. The lowest BCUT2D eigenvalue weighted by Crippen LogP contribution is -2.15. The third-order valence-electron chi connectivity index (χ3n) is 2.82. The normalized spacial score (nSPS) is 13.8. The summed E-state index contributed by atoms with van der Waals surface area (Å²) in [4.78, 5) is 8.94. The summed E-state index contributed by atoms with van der Waals surface area (Å²) in [6, 6.07) is -0.0785. The van der Waals surface area contributed by atoms with Crippen LogP contribution in [-0.2, 0) is 18.9 Å². The third kappa shape index (κ3) is 2.97. The predicted molar refractivity (Wildman–Crippen MR) is 74.7 cm³/mol. The Hall–Kier alpha value is -1.20. The molecular weight excluding hydrogens is 244 g/mol. The minimum atomic E-state index is -0.0785. The van der Waals surface area contributed by atoms with Gasteiger partial charge in [-0.2, -0.15) is 0 Å². The first-order valence-corrected chi connectivity index (χ1v) is 6.92. The van der Waals surface area contributed by atoms with Crippen LogP contribution in [0.4, 0.5) is 0 Å². The summed E-state index contributed by atoms with van der Waals surface area (Å²) in [6.07, 6.45) is 4.48. The van der Waals surface area contributed by atoms with Gasteiger partial charge in [0.25, 0.3) is 0 Å². The smallest absolute Gasteiger partial charge is 0.0948 e. The largest absolute Gasteiger partial charge is 0.340 e. The molecule has 0 spiro atoms. The summed E-state index contributed by atoms with van der Waals surface area (Å²) in [5.41, 5.74) is 8.31. The molecule has 2 aromatic heterocycles. The van der Waals surface area contributed by atoms with Crippen LogP contribution in [0.3, 0.4) is 0 Å². The molecule has 2 aromatic rings. The Morgan fingerprint density at radius 1 is 1.44 bits per heavy atom. The van der Waals surface area contributed by atoms with Gasteiger partial charge in [-0.15, -0.1) is 11.3 Å². The van der Waals surface area contributed by atoms with Gasteiger partial charge in [-0.05, 0) is 0 Å². The van der Waals surface area contributed by atoms with Gasteiger partial charge >= 0.3 is 0 Å². The molecule has 98 valence electrons. The van der Waals surface area contributed by atoms with Crippen LogP contribution >= 0.6 is 11.3 Å². The van der Waals surface area contributed by atoms with Gasteiger partial charge < -0.3 is 10.3 Å². The third-order valence-corrected chi connectivity index (χ3v) is 3.69. The summed E-state index contributed by atoms with van der Waals surface area (Å²) < 4.78 is 1.91. The second-order valence-corrected chi connectivity index (χ2v) is 6.59. The van der Waals surface area contributed by atoms with Crippen molar-refractivity contribution in [2.24, 2.45) is 12.8 Å². The molecule has 0 aliphatic carbocycles. The highest BCUT2D eigenvalue weighted by Crippen LogP contribution is 2.25. The first kappa shape index (κ1) is 13.2. The van der Waals surface area contributed by atoms with Gasteiger partial charge in [0.05, 0.1) is 28.8 Å². The molecule has 0 aliphatic heterocycles. The summed E-state index contributed by atoms with van der Waals surface area (Å²) >= 11 is 1.68. The maximum atomic E-state index is 6.15. The molecule has 18 heavy (non-hydrogen) atoms. The van der Waals surface area contributed by atoms with E-state index in [4.69, 9.17) is 5.73 Å². The van der Waals surface area contributed by atoms with Crippen LogP contribution in [-0.4, -0.2) is 14.5 Å². The molecule has 5 heteroatoms. The van der Waals surface area contributed by atoms with Crippen LogP contribution in [0.25, 0.3) is 0 Å². The van der Waals surface area contributed by atoms with Gasteiger partial charge in [-0.1, -0.05) is 20.8 Å². The molecule has 2 heterocycles. The first-order valence-electron chi connectivity index (χ1n) is 6.04. The molecule has 0 aromatic carbocycles. The van der Waals surface area contributed by atoms with Gasteiger partial charge in [0.15, 0.2) is 0 Å². The van der Waals surface area contributed by atoms with Gasteiger partial charge in [-0.3, -0.25) is 0 Å². The number of thiazole rings is 1. The zero-order chi connectivity index (χ0) is 13.3. The first-order chi connectivity index (χ1) is 8.36. The number of nitrogens with zero attached hydrogens (tertiary/aromatic N) is 3. The van der Waals surface area contributed by atoms with Crippen molar-refractivity contribution >= 4 is 11.3 Å². The highest BCUT2D eigenvalue weighted by molar-refractivity contribution is 7.09. The fraction of sp³-hybridized carbons (Fsp3) is 0.538. The van der Waals surface area contributed by atoms with Gasteiger partial charge in [0.2, 0.25) is 0 Å². The molecule has 0 fully saturated rings. The van der Waals surface area contributed by atoms with Gasteiger partial charge in [0.1, 0.15) is 0 Å². The monoisotopic (exact) mass is 264 g/mol. The Bertz CT molecular complexity index is 521. The molecule has 1 unspecified atom stereocenters. The number of hydrogen-bond acceptors (Lipinski definition) is 4. The van der Waals surface area contributed by atoms with E-state index in [1.165, 1.54) is 0 Å². The van der Waals surface area contributed by atoms with Crippen molar-refractivity contribution in [1.82, 2.24) is 14.5 Å². The molecular formula is C13H20N4S. The molecule has 0 saturated carbocycles. The number of rotatable bonds is 3. The Balaban J connectivity index is 2.08. The van der Waals surface area contributed by atoms with Crippen LogP contribution in [0.5, 0.6) is 0 Å². The van der Waals surface area contributed by atoms with Crippen molar-refractivity contribution in [1.29, 1.82) is 0 Å². The molecule has 2 rings (SSSR count). The van der Waals surface area contributed by atoms with E-state index in [2.05, 4.69) is 36.1 Å². The zero-order valence-corrected chi connectivity index (χ0v) is 12.2. The lowest BCUT2D eigenvalue weighted by atomic mass is 9.93. The van der Waals surface area contributed by atoms with Crippen molar-refractivity contribution in [3.8, 4) is 0 Å². The quantitative estimate of drug-likeness (QED) is 0.926. The number of aromatic nitrogens is 3. The lowest BCUT2D eigenvalue weighted by Gasteiger charge is -2.14. The van der Waals surface area contributed by atoms with Crippen molar-refractivity contribution in [3.63, 3.8) is 0 Å².